The third-order valence-corrected chi connectivity index (χ3v) is 8.18. The molecule has 3 unspecified atom stereocenters. The molecule has 1 aliphatic carbocycles. The SMILES string of the molecule is Cc1cccc(C(C(=O)NC(Cc2ccccc2)C(=O)OC(C)(C)C)N(C(=O)C(CC(C)C)NC(=O)OC(C)(C)C)C2CCC2)c1C. The van der Waals surface area contributed by atoms with E-state index in [1.807, 2.05) is 76.2 Å². The van der Waals surface area contributed by atoms with Crippen LogP contribution in [0.4, 0.5) is 4.79 Å². The van der Waals surface area contributed by atoms with Gasteiger partial charge in [0.05, 0.1) is 0 Å². The molecular formula is C38H55N3O6. The molecule has 47 heavy (non-hydrogen) atoms. The lowest BCUT2D eigenvalue weighted by Gasteiger charge is -2.44. The number of alkyl carbamates (subject to hydrolysis) is 1. The molecule has 0 spiro atoms. The van der Waals surface area contributed by atoms with Crippen LogP contribution in [0.25, 0.3) is 0 Å². The van der Waals surface area contributed by atoms with Gasteiger partial charge in [-0.15, -0.1) is 0 Å². The van der Waals surface area contributed by atoms with Crippen LogP contribution in [0, 0.1) is 19.8 Å². The number of esters is 1. The molecule has 1 fully saturated rings. The van der Waals surface area contributed by atoms with Crippen molar-refractivity contribution in [2.75, 3.05) is 0 Å². The zero-order valence-corrected chi connectivity index (χ0v) is 29.9. The Balaban J connectivity index is 2.11. The van der Waals surface area contributed by atoms with Gasteiger partial charge in [0.25, 0.3) is 0 Å². The summed E-state index contributed by atoms with van der Waals surface area (Å²) in [6, 6.07) is 12.0. The fraction of sp³-hybridized carbons (Fsp3) is 0.579. The molecule has 2 aromatic carbocycles. The van der Waals surface area contributed by atoms with E-state index in [4.69, 9.17) is 9.47 Å². The van der Waals surface area contributed by atoms with E-state index in [9.17, 15) is 19.2 Å². The van der Waals surface area contributed by atoms with Crippen molar-refractivity contribution in [2.24, 2.45) is 5.92 Å². The van der Waals surface area contributed by atoms with Crippen LogP contribution in [0.2, 0.25) is 0 Å². The zero-order chi connectivity index (χ0) is 35.1. The van der Waals surface area contributed by atoms with Crippen LogP contribution >= 0.6 is 0 Å². The second-order valence-corrected chi connectivity index (χ2v) is 15.1. The highest BCUT2D eigenvalue weighted by Gasteiger charge is 2.43. The highest BCUT2D eigenvalue weighted by atomic mass is 16.6. The summed E-state index contributed by atoms with van der Waals surface area (Å²) in [5.41, 5.74) is 1.86. The monoisotopic (exact) mass is 649 g/mol. The van der Waals surface area contributed by atoms with Gasteiger partial charge in [-0.1, -0.05) is 62.4 Å². The normalized spacial score (nSPS) is 15.6. The number of nitrogens with one attached hydrogen (secondary N) is 2. The van der Waals surface area contributed by atoms with Crippen LogP contribution in [0.15, 0.2) is 48.5 Å². The topological polar surface area (TPSA) is 114 Å². The number of ether oxygens (including phenoxy) is 2. The Kier molecular flexibility index (Phi) is 12.6. The highest BCUT2D eigenvalue weighted by molar-refractivity contribution is 5.94. The van der Waals surface area contributed by atoms with Gasteiger partial charge >= 0.3 is 12.1 Å². The Labute approximate surface area is 281 Å². The first-order chi connectivity index (χ1) is 21.9. The second kappa shape index (κ2) is 15.8. The van der Waals surface area contributed by atoms with Gasteiger partial charge in [-0.25, -0.2) is 9.59 Å². The molecule has 0 aliphatic heterocycles. The molecule has 0 aromatic heterocycles. The summed E-state index contributed by atoms with van der Waals surface area (Å²) in [4.78, 5) is 57.6. The molecule has 0 radical (unpaired) electrons. The van der Waals surface area contributed by atoms with Gasteiger partial charge < -0.3 is 25.0 Å². The first kappa shape index (κ1) is 37.6. The molecule has 258 valence electrons. The van der Waals surface area contributed by atoms with Crippen molar-refractivity contribution >= 4 is 23.9 Å². The van der Waals surface area contributed by atoms with Gasteiger partial charge in [-0.2, -0.15) is 0 Å². The first-order valence-electron chi connectivity index (χ1n) is 16.8. The minimum Gasteiger partial charge on any atom is -0.458 e. The maximum atomic E-state index is 14.7. The van der Waals surface area contributed by atoms with Crippen molar-refractivity contribution in [3.05, 3.63) is 70.8 Å². The maximum absolute atomic E-state index is 14.7. The summed E-state index contributed by atoms with van der Waals surface area (Å²) in [5, 5.41) is 5.82. The van der Waals surface area contributed by atoms with Crippen molar-refractivity contribution in [1.82, 2.24) is 15.5 Å². The number of benzene rings is 2. The summed E-state index contributed by atoms with van der Waals surface area (Å²) >= 11 is 0. The summed E-state index contributed by atoms with van der Waals surface area (Å²) in [5.74, 6) is -1.32. The Morgan fingerprint density at radius 1 is 0.830 bits per heavy atom. The standard InChI is InChI=1S/C38H55N3O6/c1-24(2)22-30(40-36(45)47-38(8,9)10)34(43)41(28-19-15-20-28)32(29-21-14-16-25(3)26(29)4)33(42)39-31(35(44)46-37(5,6)7)23-27-17-12-11-13-18-27/h11-14,16-18,21,24,28,30-32H,15,19-20,22-23H2,1-10H3,(H,39,42)(H,40,45). The second-order valence-electron chi connectivity index (χ2n) is 15.1. The maximum Gasteiger partial charge on any atom is 0.408 e. The fourth-order valence-electron chi connectivity index (χ4n) is 5.66. The fourth-order valence-corrected chi connectivity index (χ4v) is 5.66. The number of nitrogens with zero attached hydrogens (tertiary/aromatic N) is 1. The average molecular weight is 650 g/mol. The van der Waals surface area contributed by atoms with Crippen LogP contribution in [0.5, 0.6) is 0 Å². The van der Waals surface area contributed by atoms with Crippen molar-refractivity contribution in [3.8, 4) is 0 Å². The largest absolute Gasteiger partial charge is 0.458 e. The van der Waals surface area contributed by atoms with Crippen molar-refractivity contribution in [1.29, 1.82) is 0 Å². The Morgan fingerprint density at radius 3 is 1.98 bits per heavy atom. The van der Waals surface area contributed by atoms with Crippen LogP contribution in [-0.2, 0) is 30.3 Å². The number of hydrogen-bond acceptors (Lipinski definition) is 6. The predicted molar refractivity (Wildman–Crippen MR) is 184 cm³/mol. The summed E-state index contributed by atoms with van der Waals surface area (Å²) in [6.45, 7) is 18.5. The van der Waals surface area contributed by atoms with E-state index in [0.29, 0.717) is 12.0 Å². The number of rotatable bonds is 12. The number of aryl methyl sites for hydroxylation is 1. The minimum atomic E-state index is -1.05. The molecule has 3 rings (SSSR count). The van der Waals surface area contributed by atoms with Gasteiger partial charge in [0.1, 0.15) is 29.3 Å². The molecule has 1 saturated carbocycles. The Bertz CT molecular complexity index is 1390. The molecule has 3 atom stereocenters. The third-order valence-electron chi connectivity index (χ3n) is 8.18. The van der Waals surface area contributed by atoms with E-state index in [-0.39, 0.29) is 24.3 Å². The van der Waals surface area contributed by atoms with E-state index in [1.165, 1.54) is 0 Å². The average Bonchev–Trinajstić information content (AvgIpc) is 2.91. The molecule has 9 nitrogen and oxygen atoms in total. The lowest BCUT2D eigenvalue weighted by molar-refractivity contribution is -0.159. The summed E-state index contributed by atoms with van der Waals surface area (Å²) in [7, 11) is 0. The molecule has 0 heterocycles. The molecule has 9 heteroatoms. The molecule has 2 aromatic rings. The first-order valence-corrected chi connectivity index (χ1v) is 16.8. The number of carbonyl (C=O) groups excluding carboxylic acids is 4. The van der Waals surface area contributed by atoms with Crippen LogP contribution in [0.3, 0.4) is 0 Å². The summed E-state index contributed by atoms with van der Waals surface area (Å²) in [6.07, 6.45) is 2.25. The molecular weight excluding hydrogens is 594 g/mol. The van der Waals surface area contributed by atoms with E-state index < -0.39 is 47.3 Å². The zero-order valence-electron chi connectivity index (χ0n) is 29.9. The minimum absolute atomic E-state index is 0.0672. The van der Waals surface area contributed by atoms with Crippen molar-refractivity contribution in [2.45, 2.75) is 137 Å². The lowest BCUT2D eigenvalue weighted by Crippen LogP contribution is -2.59. The lowest BCUT2D eigenvalue weighted by atomic mass is 9.86. The Hall–Kier alpha value is -3.88. The summed E-state index contributed by atoms with van der Waals surface area (Å²) < 4.78 is 11.3. The third kappa shape index (κ3) is 11.1. The van der Waals surface area contributed by atoms with Crippen LogP contribution in [-0.4, -0.2) is 58.1 Å². The van der Waals surface area contributed by atoms with Crippen molar-refractivity contribution < 1.29 is 28.7 Å². The van der Waals surface area contributed by atoms with Crippen molar-refractivity contribution in [3.63, 3.8) is 0 Å². The molecule has 3 amide bonds. The van der Waals surface area contributed by atoms with Gasteiger partial charge in [-0.05, 0) is 109 Å². The van der Waals surface area contributed by atoms with Crippen LogP contribution in [0.1, 0.15) is 109 Å². The number of hydrogen-bond donors (Lipinski definition) is 2. The predicted octanol–water partition coefficient (Wildman–Crippen LogP) is 6.73. The van der Waals surface area contributed by atoms with E-state index in [2.05, 4.69) is 10.6 Å². The molecule has 1 aliphatic rings. The molecule has 0 saturated heterocycles. The van der Waals surface area contributed by atoms with Gasteiger partial charge in [0.15, 0.2) is 0 Å². The Morgan fingerprint density at radius 2 is 1.45 bits per heavy atom. The van der Waals surface area contributed by atoms with Crippen LogP contribution < -0.4 is 10.6 Å². The van der Waals surface area contributed by atoms with E-state index in [0.717, 1.165) is 36.0 Å². The molecule has 2 N–H and O–H groups in total. The van der Waals surface area contributed by atoms with Gasteiger partial charge in [0.2, 0.25) is 11.8 Å². The van der Waals surface area contributed by atoms with Gasteiger partial charge in [-0.3, -0.25) is 9.59 Å². The molecule has 0 bridgehead atoms. The quantitative estimate of drug-likeness (QED) is 0.247. The highest BCUT2D eigenvalue weighted by Crippen LogP contribution is 2.36. The number of carbonyl (C=O) groups is 4. The van der Waals surface area contributed by atoms with E-state index >= 15 is 0 Å². The number of amides is 3. The van der Waals surface area contributed by atoms with Gasteiger partial charge in [0, 0.05) is 12.5 Å². The van der Waals surface area contributed by atoms with E-state index in [1.54, 1.807) is 46.4 Å². The smallest absolute Gasteiger partial charge is 0.408 e.